The minimum Gasteiger partial charge on any atom is -0.486 e. The van der Waals surface area contributed by atoms with E-state index in [4.69, 9.17) is 14.2 Å². The highest BCUT2D eigenvalue weighted by atomic mass is 32.2. The van der Waals surface area contributed by atoms with Gasteiger partial charge < -0.3 is 24.1 Å². The molecule has 0 spiro atoms. The molecule has 1 aromatic heterocycles. The lowest BCUT2D eigenvalue weighted by molar-refractivity contribution is -0.119. The molecule has 2 heterocycles. The lowest BCUT2D eigenvalue weighted by atomic mass is 10.1. The van der Waals surface area contributed by atoms with Crippen molar-refractivity contribution in [1.82, 2.24) is 20.1 Å². The molecule has 0 radical (unpaired) electrons. The average molecular weight is 497 g/mol. The molecule has 1 unspecified atom stereocenters. The molecule has 9 heteroatoms. The van der Waals surface area contributed by atoms with Crippen molar-refractivity contribution in [2.75, 3.05) is 19.0 Å². The predicted octanol–water partition coefficient (Wildman–Crippen LogP) is 4.64. The molecule has 0 aliphatic carbocycles. The fourth-order valence-corrected chi connectivity index (χ4v) is 4.43. The van der Waals surface area contributed by atoms with Crippen LogP contribution in [0.5, 0.6) is 17.2 Å². The number of nitrogens with zero attached hydrogens (tertiary/aromatic N) is 3. The number of hydrogen-bond acceptors (Lipinski definition) is 7. The van der Waals surface area contributed by atoms with Crippen LogP contribution in [-0.4, -0.2) is 39.6 Å². The van der Waals surface area contributed by atoms with Crippen molar-refractivity contribution >= 4 is 17.7 Å². The summed E-state index contributed by atoms with van der Waals surface area (Å²) in [7, 11) is 0. The van der Waals surface area contributed by atoms with Crippen LogP contribution in [0.3, 0.4) is 0 Å². The summed E-state index contributed by atoms with van der Waals surface area (Å²) in [6.07, 6.45) is 0.983. The van der Waals surface area contributed by atoms with Crippen LogP contribution in [-0.2, 0) is 17.9 Å². The maximum Gasteiger partial charge on any atom is 0.230 e. The third kappa shape index (κ3) is 6.91. The number of carbonyl (C=O) groups excluding carboxylic acids is 1. The molecule has 2 aromatic carbocycles. The van der Waals surface area contributed by atoms with Crippen LogP contribution in [0.15, 0.2) is 53.7 Å². The fourth-order valence-electron chi connectivity index (χ4n) is 3.63. The van der Waals surface area contributed by atoms with Crippen LogP contribution in [0.1, 0.15) is 44.6 Å². The summed E-state index contributed by atoms with van der Waals surface area (Å²) in [6.45, 7) is 8.51. The van der Waals surface area contributed by atoms with E-state index in [9.17, 15) is 4.79 Å². The Morgan fingerprint density at radius 1 is 1.09 bits per heavy atom. The highest BCUT2D eigenvalue weighted by Gasteiger charge is 2.18. The Balaban J connectivity index is 1.35. The third-order valence-corrected chi connectivity index (χ3v) is 6.58. The minimum absolute atomic E-state index is 0.0714. The maximum absolute atomic E-state index is 12.7. The monoisotopic (exact) mass is 496 g/mol. The van der Waals surface area contributed by atoms with E-state index in [1.165, 1.54) is 11.8 Å². The van der Waals surface area contributed by atoms with Crippen molar-refractivity contribution in [3.05, 3.63) is 59.9 Å². The van der Waals surface area contributed by atoms with Gasteiger partial charge in [0.2, 0.25) is 5.91 Å². The largest absolute Gasteiger partial charge is 0.486 e. The molecule has 1 aliphatic rings. The number of thioether (sulfide) groups is 1. The first-order valence-corrected chi connectivity index (χ1v) is 12.9. The first-order chi connectivity index (χ1) is 17.0. The van der Waals surface area contributed by atoms with Gasteiger partial charge in [-0.1, -0.05) is 49.9 Å². The van der Waals surface area contributed by atoms with E-state index in [2.05, 4.69) is 33.9 Å². The predicted molar refractivity (Wildman–Crippen MR) is 135 cm³/mol. The Morgan fingerprint density at radius 3 is 2.63 bits per heavy atom. The Labute approximate surface area is 210 Å². The van der Waals surface area contributed by atoms with Crippen molar-refractivity contribution in [3.63, 3.8) is 0 Å². The summed E-state index contributed by atoms with van der Waals surface area (Å²) in [5.74, 6) is 3.70. The topological polar surface area (TPSA) is 87.5 Å². The molecular formula is C26H32N4O4S. The zero-order chi connectivity index (χ0) is 24.6. The van der Waals surface area contributed by atoms with Gasteiger partial charge in [0.15, 0.2) is 22.5 Å². The van der Waals surface area contributed by atoms with E-state index in [1.54, 1.807) is 0 Å². The Kier molecular flexibility index (Phi) is 8.52. The van der Waals surface area contributed by atoms with E-state index in [-0.39, 0.29) is 17.7 Å². The number of ether oxygens (including phenoxy) is 3. The van der Waals surface area contributed by atoms with Gasteiger partial charge >= 0.3 is 0 Å². The van der Waals surface area contributed by atoms with Gasteiger partial charge in [0.05, 0.1) is 11.8 Å². The molecule has 4 rings (SSSR count). The van der Waals surface area contributed by atoms with E-state index >= 15 is 0 Å². The normalized spacial score (nSPS) is 13.5. The molecule has 1 N–H and O–H groups in total. The van der Waals surface area contributed by atoms with Crippen LogP contribution in [0.2, 0.25) is 0 Å². The van der Waals surface area contributed by atoms with Crippen molar-refractivity contribution in [1.29, 1.82) is 0 Å². The molecule has 0 bridgehead atoms. The quantitative estimate of drug-likeness (QED) is 0.387. The van der Waals surface area contributed by atoms with Gasteiger partial charge in [-0.15, -0.1) is 10.2 Å². The highest BCUT2D eigenvalue weighted by molar-refractivity contribution is 7.99. The number of nitrogens with one attached hydrogen (secondary N) is 1. The fraction of sp³-hybridized carbons (Fsp3) is 0.423. The smallest absolute Gasteiger partial charge is 0.230 e. The number of benzene rings is 2. The van der Waals surface area contributed by atoms with E-state index in [0.717, 1.165) is 41.0 Å². The van der Waals surface area contributed by atoms with Crippen LogP contribution in [0, 0.1) is 5.92 Å². The maximum atomic E-state index is 12.7. The summed E-state index contributed by atoms with van der Waals surface area (Å²) in [5.41, 5.74) is 0.966. The number of amides is 1. The summed E-state index contributed by atoms with van der Waals surface area (Å²) in [5, 5.41) is 12.5. The molecule has 0 fully saturated rings. The van der Waals surface area contributed by atoms with Gasteiger partial charge in [-0.2, -0.15) is 0 Å². The zero-order valence-electron chi connectivity index (χ0n) is 20.4. The van der Waals surface area contributed by atoms with Gasteiger partial charge in [-0.05, 0) is 49.1 Å². The lowest BCUT2D eigenvalue weighted by Gasteiger charge is -2.21. The summed E-state index contributed by atoms with van der Waals surface area (Å²) in [4.78, 5) is 12.7. The first kappa shape index (κ1) is 24.9. The number of hydrogen-bond donors (Lipinski definition) is 1. The molecule has 8 nitrogen and oxygen atoms in total. The molecular weight excluding hydrogens is 464 g/mol. The summed E-state index contributed by atoms with van der Waals surface area (Å²) >= 11 is 1.39. The second-order valence-corrected chi connectivity index (χ2v) is 9.76. The van der Waals surface area contributed by atoms with Crippen molar-refractivity contribution in [3.8, 4) is 17.2 Å². The zero-order valence-corrected chi connectivity index (χ0v) is 21.2. The molecule has 0 saturated carbocycles. The number of carbonyl (C=O) groups is 1. The van der Waals surface area contributed by atoms with Crippen LogP contribution in [0.25, 0.3) is 0 Å². The molecule has 1 atom stereocenters. The van der Waals surface area contributed by atoms with Gasteiger partial charge in [0.1, 0.15) is 25.6 Å². The minimum atomic E-state index is -0.160. The van der Waals surface area contributed by atoms with Crippen molar-refractivity contribution < 1.29 is 19.0 Å². The summed E-state index contributed by atoms with van der Waals surface area (Å²) in [6, 6.07) is 15.3. The van der Waals surface area contributed by atoms with E-state index in [0.29, 0.717) is 31.5 Å². The van der Waals surface area contributed by atoms with Gasteiger partial charge in [0, 0.05) is 6.54 Å². The Morgan fingerprint density at radius 2 is 1.86 bits per heavy atom. The molecule has 3 aromatic rings. The summed E-state index contributed by atoms with van der Waals surface area (Å²) < 4.78 is 19.2. The lowest BCUT2D eigenvalue weighted by Crippen LogP contribution is -2.28. The third-order valence-electron chi connectivity index (χ3n) is 5.61. The number of fused-ring (bicyclic) bond motifs is 1. The second kappa shape index (κ2) is 12.0. The molecule has 35 heavy (non-hydrogen) atoms. The molecule has 1 amide bonds. The highest BCUT2D eigenvalue weighted by Crippen LogP contribution is 2.32. The van der Waals surface area contributed by atoms with Gasteiger partial charge in [0.25, 0.3) is 0 Å². The SMILES string of the molecule is CC(C)CCn1c(COc2ccccc2)nnc1SCC(=O)NC(C)c1ccc2c(c1)OCCO2. The standard InChI is InChI=1S/C26H32N4O4S/c1-18(2)11-12-30-24(16-34-21-7-5-4-6-8-21)28-29-26(30)35-17-25(31)27-19(3)20-9-10-22-23(15-20)33-14-13-32-22/h4-10,15,18-19H,11-14,16-17H2,1-3H3,(H,27,31). The van der Waals surface area contributed by atoms with E-state index < -0.39 is 0 Å². The Bertz CT molecular complexity index is 1120. The molecule has 0 saturated heterocycles. The molecule has 1 aliphatic heterocycles. The van der Waals surface area contributed by atoms with E-state index in [1.807, 2.05) is 55.5 Å². The number of rotatable bonds is 11. The van der Waals surface area contributed by atoms with Crippen LogP contribution in [0.4, 0.5) is 0 Å². The molecule has 186 valence electrons. The van der Waals surface area contributed by atoms with Crippen LogP contribution >= 0.6 is 11.8 Å². The Hall–Kier alpha value is -3.20. The van der Waals surface area contributed by atoms with Crippen molar-refractivity contribution in [2.45, 2.75) is 51.5 Å². The second-order valence-electron chi connectivity index (χ2n) is 8.82. The number of para-hydroxylation sites is 1. The number of aromatic nitrogens is 3. The first-order valence-electron chi connectivity index (χ1n) is 11.9. The van der Waals surface area contributed by atoms with Gasteiger partial charge in [-0.3, -0.25) is 4.79 Å². The van der Waals surface area contributed by atoms with Gasteiger partial charge in [-0.25, -0.2) is 0 Å². The van der Waals surface area contributed by atoms with Crippen molar-refractivity contribution in [2.24, 2.45) is 5.92 Å². The van der Waals surface area contributed by atoms with Crippen LogP contribution < -0.4 is 19.5 Å². The average Bonchev–Trinajstić information content (AvgIpc) is 3.26.